The number of hydrogen-bond donors (Lipinski definition) is 0. The highest BCUT2D eigenvalue weighted by atomic mass is 16.5. The van der Waals surface area contributed by atoms with Gasteiger partial charge in [0.1, 0.15) is 11.6 Å². The third-order valence-electron chi connectivity index (χ3n) is 1.60. The van der Waals surface area contributed by atoms with E-state index in [4.69, 9.17) is 10.00 Å². The minimum Gasteiger partial charge on any atom is -0.462 e. The summed E-state index contributed by atoms with van der Waals surface area (Å²) in [6, 6.07) is 7.02. The summed E-state index contributed by atoms with van der Waals surface area (Å²) in [5, 5.41) is 8.74. The Labute approximate surface area is 87.8 Å². The number of hydrogen-bond acceptors (Lipinski definition) is 4. The van der Waals surface area contributed by atoms with Crippen LogP contribution in [0.5, 0.6) is 0 Å². The van der Waals surface area contributed by atoms with Crippen LogP contribution in [0.1, 0.15) is 12.6 Å². The molecule has 0 atom stereocenters. The molecule has 1 heterocycles. The highest BCUT2D eigenvalue weighted by molar-refractivity contribution is 5.97. The Morgan fingerprint density at radius 3 is 3.00 bits per heavy atom. The van der Waals surface area contributed by atoms with E-state index in [0.717, 1.165) is 0 Å². The van der Waals surface area contributed by atoms with Crippen LogP contribution in [0.25, 0.3) is 6.08 Å². The Morgan fingerprint density at radius 1 is 1.67 bits per heavy atom. The van der Waals surface area contributed by atoms with E-state index in [9.17, 15) is 4.79 Å². The number of ether oxygens (including phenoxy) is 1. The second-order valence-corrected chi connectivity index (χ2v) is 2.64. The maximum atomic E-state index is 11.2. The highest BCUT2D eigenvalue weighted by Crippen LogP contribution is 2.04. The van der Waals surface area contributed by atoms with Crippen molar-refractivity contribution < 1.29 is 9.53 Å². The number of nitrogens with zero attached hydrogens (tertiary/aromatic N) is 2. The molecule has 0 bridgehead atoms. The Bertz CT molecular complexity index is 404. The van der Waals surface area contributed by atoms with Gasteiger partial charge in [0.15, 0.2) is 0 Å². The van der Waals surface area contributed by atoms with Gasteiger partial charge in [0.25, 0.3) is 0 Å². The maximum Gasteiger partial charge on any atom is 0.348 e. The number of carbonyl (C=O) groups excluding carboxylic acids is 1. The van der Waals surface area contributed by atoms with E-state index in [1.807, 2.05) is 0 Å². The molecule has 76 valence electrons. The van der Waals surface area contributed by atoms with Crippen molar-refractivity contribution in [2.75, 3.05) is 6.61 Å². The molecule has 0 radical (unpaired) electrons. The van der Waals surface area contributed by atoms with Crippen molar-refractivity contribution in [3.05, 3.63) is 35.7 Å². The lowest BCUT2D eigenvalue weighted by atomic mass is 10.2. The second-order valence-electron chi connectivity index (χ2n) is 2.64. The summed E-state index contributed by atoms with van der Waals surface area (Å²) in [4.78, 5) is 15.2. The Hall–Kier alpha value is -2.15. The summed E-state index contributed by atoms with van der Waals surface area (Å²) < 4.78 is 4.71. The molecule has 0 saturated carbocycles. The first-order chi connectivity index (χ1) is 7.27. The lowest BCUT2D eigenvalue weighted by Crippen LogP contribution is -2.06. The Kier molecular flexibility index (Phi) is 4.05. The largest absolute Gasteiger partial charge is 0.462 e. The zero-order valence-electron chi connectivity index (χ0n) is 8.30. The Balaban J connectivity index is 2.89. The summed E-state index contributed by atoms with van der Waals surface area (Å²) in [7, 11) is 0. The molecular weight excluding hydrogens is 192 g/mol. The van der Waals surface area contributed by atoms with Gasteiger partial charge in [-0.15, -0.1) is 0 Å². The van der Waals surface area contributed by atoms with Crippen LogP contribution in [0.4, 0.5) is 0 Å². The monoisotopic (exact) mass is 202 g/mol. The topological polar surface area (TPSA) is 63.0 Å². The predicted octanol–water partition coefficient (Wildman–Crippen LogP) is 1.55. The molecule has 0 fully saturated rings. The smallest absolute Gasteiger partial charge is 0.348 e. The molecule has 1 aromatic heterocycles. The molecule has 0 spiro atoms. The number of pyridine rings is 1. The van der Waals surface area contributed by atoms with E-state index in [0.29, 0.717) is 5.69 Å². The van der Waals surface area contributed by atoms with Crippen molar-refractivity contribution in [2.45, 2.75) is 6.92 Å². The van der Waals surface area contributed by atoms with Crippen molar-refractivity contribution in [1.29, 1.82) is 5.26 Å². The minimum absolute atomic E-state index is 0.0458. The second kappa shape index (κ2) is 5.55. The summed E-state index contributed by atoms with van der Waals surface area (Å²) >= 11 is 0. The van der Waals surface area contributed by atoms with Crippen LogP contribution >= 0.6 is 0 Å². The van der Waals surface area contributed by atoms with Gasteiger partial charge in [0.2, 0.25) is 0 Å². The molecule has 0 aliphatic rings. The third-order valence-corrected chi connectivity index (χ3v) is 1.60. The van der Waals surface area contributed by atoms with Crippen molar-refractivity contribution in [1.82, 2.24) is 4.98 Å². The first-order valence-electron chi connectivity index (χ1n) is 4.48. The minimum atomic E-state index is -0.620. The first-order valence-corrected chi connectivity index (χ1v) is 4.48. The maximum absolute atomic E-state index is 11.2. The highest BCUT2D eigenvalue weighted by Gasteiger charge is 2.09. The molecule has 0 N–H and O–H groups in total. The fraction of sp³-hybridized carbons (Fsp3) is 0.182. The van der Waals surface area contributed by atoms with Crippen LogP contribution in [0.15, 0.2) is 30.0 Å². The quantitative estimate of drug-likeness (QED) is 0.424. The van der Waals surface area contributed by atoms with Gasteiger partial charge in [0, 0.05) is 6.20 Å². The average molecular weight is 202 g/mol. The van der Waals surface area contributed by atoms with E-state index in [1.165, 1.54) is 6.08 Å². The van der Waals surface area contributed by atoms with Crippen molar-refractivity contribution >= 4 is 12.0 Å². The van der Waals surface area contributed by atoms with E-state index in [2.05, 4.69) is 4.98 Å². The summed E-state index contributed by atoms with van der Waals surface area (Å²) in [5.74, 6) is -0.620. The molecule has 15 heavy (non-hydrogen) atoms. The average Bonchev–Trinajstić information content (AvgIpc) is 2.27. The standard InChI is InChI=1S/C11H10N2O2/c1-2-15-11(14)9(8-12)7-10-5-3-4-6-13-10/h3-7H,2H2,1H3. The molecule has 0 aliphatic carbocycles. The van der Waals surface area contributed by atoms with Gasteiger partial charge in [-0.1, -0.05) is 6.07 Å². The zero-order valence-corrected chi connectivity index (χ0v) is 8.30. The van der Waals surface area contributed by atoms with Crippen LogP contribution in [0.2, 0.25) is 0 Å². The Morgan fingerprint density at radius 2 is 2.47 bits per heavy atom. The SMILES string of the molecule is CCOC(=O)C(C#N)=Cc1ccccn1. The number of aromatic nitrogens is 1. The molecular formula is C11H10N2O2. The summed E-state index contributed by atoms with van der Waals surface area (Å²) in [6.45, 7) is 1.94. The summed E-state index contributed by atoms with van der Waals surface area (Å²) in [5.41, 5.74) is 0.512. The molecule has 0 unspecified atom stereocenters. The molecule has 4 heteroatoms. The zero-order chi connectivity index (χ0) is 11.1. The van der Waals surface area contributed by atoms with Crippen LogP contribution < -0.4 is 0 Å². The fourth-order valence-corrected chi connectivity index (χ4v) is 0.955. The predicted molar refractivity (Wildman–Crippen MR) is 54.5 cm³/mol. The lowest BCUT2D eigenvalue weighted by molar-refractivity contribution is -0.137. The number of esters is 1. The molecule has 1 rings (SSSR count). The van der Waals surface area contributed by atoms with E-state index < -0.39 is 5.97 Å². The van der Waals surface area contributed by atoms with Crippen molar-refractivity contribution in [3.63, 3.8) is 0 Å². The van der Waals surface area contributed by atoms with Gasteiger partial charge >= 0.3 is 5.97 Å². The van der Waals surface area contributed by atoms with Crippen molar-refractivity contribution in [3.8, 4) is 6.07 Å². The van der Waals surface area contributed by atoms with Crippen LogP contribution in [-0.2, 0) is 9.53 Å². The summed E-state index contributed by atoms with van der Waals surface area (Å²) in [6.07, 6.45) is 2.99. The van der Waals surface area contributed by atoms with Crippen LogP contribution in [0, 0.1) is 11.3 Å². The van der Waals surface area contributed by atoms with E-state index >= 15 is 0 Å². The first kappa shape index (κ1) is 10.9. The molecule has 4 nitrogen and oxygen atoms in total. The number of nitriles is 1. The number of carbonyl (C=O) groups is 1. The van der Waals surface area contributed by atoms with Gasteiger partial charge in [-0.05, 0) is 25.1 Å². The van der Waals surface area contributed by atoms with E-state index in [1.54, 1.807) is 37.4 Å². The normalized spacial score (nSPS) is 10.5. The van der Waals surface area contributed by atoms with Crippen LogP contribution in [0.3, 0.4) is 0 Å². The van der Waals surface area contributed by atoms with Crippen molar-refractivity contribution in [2.24, 2.45) is 0 Å². The van der Waals surface area contributed by atoms with Gasteiger partial charge < -0.3 is 4.74 Å². The molecule has 0 aromatic carbocycles. The van der Waals surface area contributed by atoms with Gasteiger partial charge in [-0.25, -0.2) is 4.79 Å². The molecule has 0 aliphatic heterocycles. The number of rotatable bonds is 3. The fourth-order valence-electron chi connectivity index (χ4n) is 0.955. The third kappa shape index (κ3) is 3.24. The molecule has 0 saturated heterocycles. The van der Waals surface area contributed by atoms with Gasteiger partial charge in [-0.3, -0.25) is 4.98 Å². The van der Waals surface area contributed by atoms with Gasteiger partial charge in [0.05, 0.1) is 12.3 Å². The van der Waals surface area contributed by atoms with E-state index in [-0.39, 0.29) is 12.2 Å². The van der Waals surface area contributed by atoms with Crippen LogP contribution in [-0.4, -0.2) is 17.6 Å². The molecule has 1 aromatic rings. The van der Waals surface area contributed by atoms with Gasteiger partial charge in [-0.2, -0.15) is 5.26 Å². The molecule has 0 amide bonds. The lowest BCUT2D eigenvalue weighted by Gasteiger charge is -1.98.